The predicted octanol–water partition coefficient (Wildman–Crippen LogP) is 3.37. The van der Waals surface area contributed by atoms with Gasteiger partial charge in [-0.15, -0.1) is 11.3 Å². The molecule has 7 heteroatoms. The first kappa shape index (κ1) is 19.5. The molecule has 3 rings (SSSR count). The Bertz CT molecular complexity index is 726. The van der Waals surface area contributed by atoms with Gasteiger partial charge in [0.25, 0.3) is 0 Å². The minimum absolute atomic E-state index is 0.280. The lowest BCUT2D eigenvalue weighted by Gasteiger charge is -2.25. The second-order valence-corrected chi connectivity index (χ2v) is 8.24. The molecular formula is C19H30N4O2S. The van der Waals surface area contributed by atoms with E-state index in [-0.39, 0.29) is 6.10 Å². The Morgan fingerprint density at radius 2 is 2.00 bits per heavy atom. The molecule has 3 heterocycles. The summed E-state index contributed by atoms with van der Waals surface area (Å²) >= 11 is 1.76. The van der Waals surface area contributed by atoms with E-state index in [1.807, 2.05) is 0 Å². The Labute approximate surface area is 159 Å². The zero-order chi connectivity index (χ0) is 18.5. The molecule has 2 aromatic rings. The number of aromatic nitrogens is 2. The van der Waals surface area contributed by atoms with E-state index in [1.165, 1.54) is 15.8 Å². The van der Waals surface area contributed by atoms with E-state index in [2.05, 4.69) is 37.9 Å². The van der Waals surface area contributed by atoms with Gasteiger partial charge in [-0.1, -0.05) is 0 Å². The van der Waals surface area contributed by atoms with Gasteiger partial charge < -0.3 is 14.8 Å². The van der Waals surface area contributed by atoms with Crippen molar-refractivity contribution in [3.05, 3.63) is 16.3 Å². The number of ether oxygens (including phenoxy) is 2. The molecule has 1 N–H and O–H groups in total. The molecule has 1 saturated heterocycles. The number of aryl methyl sites for hydroxylation is 2. The molecule has 26 heavy (non-hydrogen) atoms. The van der Waals surface area contributed by atoms with Crippen LogP contribution >= 0.6 is 11.3 Å². The van der Waals surface area contributed by atoms with Crippen LogP contribution in [0.2, 0.25) is 0 Å². The Morgan fingerprint density at radius 1 is 1.23 bits per heavy atom. The first-order valence-electron chi connectivity index (χ1n) is 9.46. The van der Waals surface area contributed by atoms with E-state index in [1.54, 1.807) is 11.3 Å². The Kier molecular flexibility index (Phi) is 6.80. The molecule has 0 aromatic carbocycles. The van der Waals surface area contributed by atoms with Gasteiger partial charge in [0.15, 0.2) is 0 Å². The normalized spacial score (nSPS) is 15.9. The van der Waals surface area contributed by atoms with Gasteiger partial charge in [0.2, 0.25) is 0 Å². The second-order valence-electron chi connectivity index (χ2n) is 7.04. The quantitative estimate of drug-likeness (QED) is 0.711. The molecule has 0 radical (unpaired) electrons. The van der Waals surface area contributed by atoms with Crippen LogP contribution in [0.5, 0.6) is 0 Å². The summed E-state index contributed by atoms with van der Waals surface area (Å²) in [4.78, 5) is 14.5. The van der Waals surface area contributed by atoms with Crippen LogP contribution < -0.4 is 5.32 Å². The van der Waals surface area contributed by atoms with Gasteiger partial charge in [-0.3, -0.25) is 4.90 Å². The number of nitrogens with zero attached hydrogens (tertiary/aromatic N) is 3. The SMILES string of the molecule is Cc1sc2nc(CN3CCOCC3)nc(NCCCOC(C)C)c2c1C. The molecule has 1 aliphatic heterocycles. The molecular weight excluding hydrogens is 348 g/mol. The molecule has 1 fully saturated rings. The minimum Gasteiger partial charge on any atom is -0.379 e. The van der Waals surface area contributed by atoms with Crippen molar-refractivity contribution in [1.29, 1.82) is 0 Å². The highest BCUT2D eigenvalue weighted by atomic mass is 32.1. The smallest absolute Gasteiger partial charge is 0.146 e. The summed E-state index contributed by atoms with van der Waals surface area (Å²) in [5.41, 5.74) is 1.28. The molecule has 0 unspecified atom stereocenters. The van der Waals surface area contributed by atoms with Gasteiger partial charge in [-0.05, 0) is 39.7 Å². The maximum absolute atomic E-state index is 5.63. The lowest BCUT2D eigenvalue weighted by Crippen LogP contribution is -2.36. The third-order valence-electron chi connectivity index (χ3n) is 4.61. The summed E-state index contributed by atoms with van der Waals surface area (Å²) in [6, 6.07) is 0. The molecule has 0 bridgehead atoms. The second kappa shape index (κ2) is 9.08. The topological polar surface area (TPSA) is 59.5 Å². The van der Waals surface area contributed by atoms with Crippen molar-refractivity contribution in [3.8, 4) is 0 Å². The van der Waals surface area contributed by atoms with Crippen molar-refractivity contribution in [1.82, 2.24) is 14.9 Å². The summed E-state index contributed by atoms with van der Waals surface area (Å²) in [6.07, 6.45) is 1.24. The minimum atomic E-state index is 0.280. The summed E-state index contributed by atoms with van der Waals surface area (Å²) in [7, 11) is 0. The summed E-state index contributed by atoms with van der Waals surface area (Å²) < 4.78 is 11.1. The fourth-order valence-corrected chi connectivity index (χ4v) is 4.10. The van der Waals surface area contributed by atoms with Crippen molar-refractivity contribution in [2.75, 3.05) is 44.8 Å². The van der Waals surface area contributed by atoms with Crippen LogP contribution in [0.1, 0.15) is 36.5 Å². The highest BCUT2D eigenvalue weighted by Gasteiger charge is 2.17. The number of hydrogen-bond donors (Lipinski definition) is 1. The number of morpholine rings is 1. The van der Waals surface area contributed by atoms with Gasteiger partial charge in [0.05, 0.1) is 31.2 Å². The summed E-state index contributed by atoms with van der Waals surface area (Å²) in [6.45, 7) is 14.3. The molecule has 0 spiro atoms. The standard InChI is InChI=1S/C19H30N4O2S/c1-13(2)25-9-5-6-20-18-17-14(3)15(4)26-19(17)22-16(21-18)12-23-7-10-24-11-8-23/h13H,5-12H2,1-4H3,(H,20,21,22). The monoisotopic (exact) mass is 378 g/mol. The summed E-state index contributed by atoms with van der Waals surface area (Å²) in [5, 5.41) is 4.69. The molecule has 2 aromatic heterocycles. The fourth-order valence-electron chi connectivity index (χ4n) is 3.05. The number of anilines is 1. The average Bonchev–Trinajstić information content (AvgIpc) is 2.89. The van der Waals surface area contributed by atoms with Crippen molar-refractivity contribution in [2.45, 2.75) is 46.8 Å². The number of thiophene rings is 1. The average molecular weight is 379 g/mol. The van der Waals surface area contributed by atoms with E-state index >= 15 is 0 Å². The van der Waals surface area contributed by atoms with Crippen molar-refractivity contribution in [2.24, 2.45) is 0 Å². The summed E-state index contributed by atoms with van der Waals surface area (Å²) in [5.74, 6) is 1.85. The molecule has 6 nitrogen and oxygen atoms in total. The van der Waals surface area contributed by atoms with Crippen LogP contribution in [0.4, 0.5) is 5.82 Å². The van der Waals surface area contributed by atoms with Gasteiger partial charge in [0.1, 0.15) is 16.5 Å². The highest BCUT2D eigenvalue weighted by Crippen LogP contribution is 2.33. The lowest BCUT2D eigenvalue weighted by molar-refractivity contribution is 0.0331. The van der Waals surface area contributed by atoms with Crippen LogP contribution in [-0.4, -0.2) is 60.4 Å². The molecule has 0 saturated carbocycles. The van der Waals surface area contributed by atoms with Crippen molar-refractivity contribution < 1.29 is 9.47 Å². The van der Waals surface area contributed by atoms with Gasteiger partial charge in [-0.25, -0.2) is 9.97 Å². The van der Waals surface area contributed by atoms with Gasteiger partial charge >= 0.3 is 0 Å². The van der Waals surface area contributed by atoms with E-state index < -0.39 is 0 Å². The van der Waals surface area contributed by atoms with Crippen molar-refractivity contribution >= 4 is 27.4 Å². The Balaban J connectivity index is 1.74. The Hall–Kier alpha value is -1.28. The third kappa shape index (κ3) is 4.91. The molecule has 0 atom stereocenters. The zero-order valence-corrected chi connectivity index (χ0v) is 17.1. The largest absolute Gasteiger partial charge is 0.379 e. The lowest BCUT2D eigenvalue weighted by atomic mass is 10.2. The predicted molar refractivity (Wildman–Crippen MR) is 107 cm³/mol. The maximum Gasteiger partial charge on any atom is 0.146 e. The third-order valence-corrected chi connectivity index (χ3v) is 5.71. The maximum atomic E-state index is 5.63. The van der Waals surface area contributed by atoms with Gasteiger partial charge in [0, 0.05) is 31.1 Å². The van der Waals surface area contributed by atoms with E-state index in [0.29, 0.717) is 0 Å². The number of hydrogen-bond acceptors (Lipinski definition) is 7. The number of fused-ring (bicyclic) bond motifs is 1. The fraction of sp³-hybridized carbons (Fsp3) is 0.684. The first-order chi connectivity index (χ1) is 12.5. The van der Waals surface area contributed by atoms with Crippen LogP contribution in [0, 0.1) is 13.8 Å². The molecule has 1 aliphatic rings. The molecule has 0 amide bonds. The van der Waals surface area contributed by atoms with E-state index in [4.69, 9.17) is 19.4 Å². The number of rotatable bonds is 8. The van der Waals surface area contributed by atoms with E-state index in [9.17, 15) is 0 Å². The molecule has 0 aliphatic carbocycles. The van der Waals surface area contributed by atoms with Crippen molar-refractivity contribution in [3.63, 3.8) is 0 Å². The van der Waals surface area contributed by atoms with Crippen LogP contribution in [0.25, 0.3) is 10.2 Å². The van der Waals surface area contributed by atoms with Crippen LogP contribution in [-0.2, 0) is 16.0 Å². The molecule has 144 valence electrons. The highest BCUT2D eigenvalue weighted by molar-refractivity contribution is 7.18. The van der Waals surface area contributed by atoms with Crippen LogP contribution in [0.15, 0.2) is 0 Å². The van der Waals surface area contributed by atoms with Crippen LogP contribution in [0.3, 0.4) is 0 Å². The number of nitrogens with one attached hydrogen (secondary N) is 1. The Morgan fingerprint density at radius 3 is 2.73 bits per heavy atom. The first-order valence-corrected chi connectivity index (χ1v) is 10.3. The van der Waals surface area contributed by atoms with Gasteiger partial charge in [-0.2, -0.15) is 0 Å². The zero-order valence-electron chi connectivity index (χ0n) is 16.3. The van der Waals surface area contributed by atoms with E-state index in [0.717, 1.165) is 68.9 Å².